The smallest absolute Gasteiger partial charge is 0.266 e. The number of allylic oxidation sites excluding steroid dienone is 8. The molecule has 2 heterocycles. The molecule has 94 heavy (non-hydrogen) atoms. The molecule has 4 amide bonds. The Morgan fingerprint density at radius 3 is 1.12 bits per heavy atom. The van der Waals surface area contributed by atoms with E-state index in [9.17, 15) is 0 Å². The van der Waals surface area contributed by atoms with E-state index in [1.54, 1.807) is 12.1 Å². The number of carbonyl (C=O) groups excluding carboxylic acids is 4. The van der Waals surface area contributed by atoms with E-state index in [2.05, 4.69) is 35.8 Å². The Morgan fingerprint density at radius 2 is 0.713 bits per heavy atom. The molecule has 0 saturated heterocycles. The predicted molar refractivity (Wildman–Crippen MR) is 377 cm³/mol. The van der Waals surface area contributed by atoms with Gasteiger partial charge < -0.3 is 9.47 Å². The van der Waals surface area contributed by atoms with Crippen LogP contribution in [0.3, 0.4) is 0 Å². The molecule has 4 aliphatic rings. The van der Waals surface area contributed by atoms with E-state index >= 15 is 19.2 Å². The quantitative estimate of drug-likeness (QED) is 0.0882. The summed E-state index contributed by atoms with van der Waals surface area (Å²) in [4.78, 5) is 67.3. The van der Waals surface area contributed by atoms with Gasteiger partial charge in [-0.2, -0.15) is 0 Å². The summed E-state index contributed by atoms with van der Waals surface area (Å²) in [5, 5.41) is 4.31. The minimum absolute atomic E-state index is 0.333. The lowest BCUT2D eigenvalue weighted by atomic mass is 9.91. The van der Waals surface area contributed by atoms with Crippen molar-refractivity contribution < 1.29 is 28.7 Å². The van der Waals surface area contributed by atoms with Crippen LogP contribution in [0.4, 0.5) is 11.4 Å². The van der Waals surface area contributed by atoms with Crippen molar-refractivity contribution in [3.63, 3.8) is 0 Å². The first-order valence-electron chi connectivity index (χ1n) is 30.7. The molecular formula is C84H50N2O6S2. The van der Waals surface area contributed by atoms with Crippen molar-refractivity contribution in [2.45, 2.75) is 32.4 Å². The van der Waals surface area contributed by atoms with Gasteiger partial charge in [-0.05, 0) is 166 Å². The average molecular weight is 1250 g/mol. The van der Waals surface area contributed by atoms with Crippen LogP contribution < -0.4 is 19.3 Å². The zero-order valence-corrected chi connectivity index (χ0v) is 51.8. The van der Waals surface area contributed by atoms with Crippen LogP contribution in [0.2, 0.25) is 0 Å². The van der Waals surface area contributed by atoms with Crippen molar-refractivity contribution >= 4 is 102 Å². The minimum atomic E-state index is -0.491. The van der Waals surface area contributed by atoms with Crippen LogP contribution in [-0.2, 0) is 0 Å². The van der Waals surface area contributed by atoms with E-state index in [1.807, 2.05) is 255 Å². The molecule has 16 rings (SSSR count). The summed E-state index contributed by atoms with van der Waals surface area (Å²) in [6.07, 6.45) is 13.7. The number of carbonyl (C=O) groups is 4. The Labute approximate surface area is 550 Å². The van der Waals surface area contributed by atoms with Crippen LogP contribution >= 0.6 is 23.5 Å². The Morgan fingerprint density at radius 1 is 0.340 bits per heavy atom. The monoisotopic (exact) mass is 1250 g/mol. The van der Waals surface area contributed by atoms with Crippen molar-refractivity contribution in [3.05, 3.63) is 335 Å². The van der Waals surface area contributed by atoms with Crippen LogP contribution in [0.5, 0.6) is 23.0 Å². The lowest BCUT2D eigenvalue weighted by Gasteiger charge is -2.30. The summed E-state index contributed by atoms with van der Waals surface area (Å²) < 4.78 is 13.0. The van der Waals surface area contributed by atoms with Crippen molar-refractivity contribution in [1.82, 2.24) is 0 Å². The largest absolute Gasteiger partial charge is 0.455 e. The molecule has 444 valence electrons. The number of ether oxygens (including phenoxy) is 2. The highest BCUT2D eigenvalue weighted by molar-refractivity contribution is 8.00. The van der Waals surface area contributed by atoms with Crippen molar-refractivity contribution in [2.75, 3.05) is 9.80 Å². The number of rotatable bonds is 12. The molecule has 0 atom stereocenters. The summed E-state index contributed by atoms with van der Waals surface area (Å²) in [6.45, 7) is 0. The molecular weight excluding hydrogens is 1200 g/mol. The third kappa shape index (κ3) is 10.5. The van der Waals surface area contributed by atoms with Gasteiger partial charge in [-0.3, -0.25) is 19.2 Å². The molecule has 0 unspecified atom stereocenters. The molecule has 2 aliphatic carbocycles. The van der Waals surface area contributed by atoms with Crippen molar-refractivity contribution in [1.29, 1.82) is 0 Å². The molecule has 8 nitrogen and oxygen atoms in total. The molecule has 0 aromatic heterocycles. The van der Waals surface area contributed by atoms with E-state index in [1.165, 1.54) is 33.3 Å². The van der Waals surface area contributed by atoms with E-state index in [0.717, 1.165) is 87.4 Å². The minimum Gasteiger partial charge on any atom is -0.455 e. The van der Waals surface area contributed by atoms with Crippen LogP contribution in [0, 0.1) is 23.7 Å². The molecule has 10 heteroatoms. The Balaban J connectivity index is 0.808. The number of fused-ring (bicyclic) bond motifs is 1. The summed E-state index contributed by atoms with van der Waals surface area (Å²) in [5.41, 5.74) is 8.69. The van der Waals surface area contributed by atoms with Crippen molar-refractivity contribution in [2.24, 2.45) is 0 Å². The maximum Gasteiger partial charge on any atom is 0.266 e. The first-order valence-corrected chi connectivity index (χ1v) is 32.4. The maximum atomic E-state index is 15.5. The van der Waals surface area contributed by atoms with Gasteiger partial charge in [0, 0.05) is 63.7 Å². The van der Waals surface area contributed by atoms with E-state index in [4.69, 9.17) is 9.47 Å². The van der Waals surface area contributed by atoms with Gasteiger partial charge in [-0.15, -0.1) is 0 Å². The van der Waals surface area contributed by atoms with Gasteiger partial charge in [0.25, 0.3) is 23.6 Å². The third-order valence-electron chi connectivity index (χ3n) is 17.1. The van der Waals surface area contributed by atoms with Gasteiger partial charge in [0.15, 0.2) is 11.5 Å². The lowest BCUT2D eigenvalue weighted by molar-refractivity contribution is 0.0877. The normalized spacial score (nSPS) is 13.7. The molecule has 0 spiro atoms. The van der Waals surface area contributed by atoms with E-state index in [0.29, 0.717) is 78.5 Å². The molecule has 2 aliphatic heterocycles. The summed E-state index contributed by atoms with van der Waals surface area (Å²) in [5.74, 6) is 14.2. The highest BCUT2D eigenvalue weighted by Gasteiger charge is 2.39. The Bertz CT molecular complexity index is 5140. The fraction of sp³-hybridized carbons (Fsp3) is 0.0238. The number of hydrogen-bond acceptors (Lipinski definition) is 8. The van der Waals surface area contributed by atoms with Crippen LogP contribution in [-0.4, -0.2) is 23.6 Å². The fourth-order valence-electron chi connectivity index (χ4n) is 12.6. The first kappa shape index (κ1) is 57.3. The number of anilines is 2. The molecule has 0 N–H and O–H groups in total. The SMILES string of the molecule is O=C1c2cccc3c(Sc4ccccc4)c(C#Cc4ccc(C#Cc5cc6c7c(cccc7c5Sc5ccccc5)C(=O)N(c5cc(C7=CC=CC7)ccc5Oc5ccccc5)C6=O)c5ccccc45)cc(c23)C(=O)N1c1cc(C2=CC=CC2)ccc1Oc1ccccc1. The number of imide groups is 2. The zero-order chi connectivity index (χ0) is 63.2. The standard InChI is InChI=1S/C84H50N2O6S2/c87-81-69-37-19-35-67-77(69)71(83(89)85(81)73-51-57(53-21-13-14-22-53)45-47-75(73)91-61-25-5-1-6-26-61)49-59(79(67)93-63-29-9-3-10-30-63)43-41-55-39-40-56(66-34-18-17-33-65(55)66)42-44-60-50-72-78-68(80(60)94-64-31-11-4-12-32-64)36-20-38-70(78)82(88)86(84(72)90)74-52-58(54-23-15-16-24-54)46-48-76(74)92-62-27-7-2-8-28-62/h1-21,23,25-40,45-52H,22,24H2. The molecule has 0 saturated carbocycles. The highest BCUT2D eigenvalue weighted by atomic mass is 32.2. The van der Waals surface area contributed by atoms with Crippen LogP contribution in [0.1, 0.15) is 87.7 Å². The van der Waals surface area contributed by atoms with Gasteiger partial charge in [-0.25, -0.2) is 9.80 Å². The van der Waals surface area contributed by atoms with E-state index < -0.39 is 23.6 Å². The van der Waals surface area contributed by atoms with E-state index in [-0.39, 0.29) is 0 Å². The first-order chi connectivity index (χ1) is 46.3. The number of amides is 4. The van der Waals surface area contributed by atoms with Crippen LogP contribution in [0.25, 0.3) is 43.5 Å². The molecule has 0 radical (unpaired) electrons. The van der Waals surface area contributed by atoms with Gasteiger partial charge in [-0.1, -0.05) is 217 Å². The number of para-hydroxylation sites is 2. The predicted octanol–water partition coefficient (Wildman–Crippen LogP) is 20.1. The van der Waals surface area contributed by atoms with Gasteiger partial charge in [0.05, 0.1) is 22.5 Å². The number of nitrogens with zero attached hydrogens (tertiary/aromatic N) is 2. The second kappa shape index (κ2) is 24.4. The summed E-state index contributed by atoms with van der Waals surface area (Å²) in [6, 6.07) is 76.9. The Hall–Kier alpha value is -11.9. The average Bonchev–Trinajstić information content (AvgIpc) is 0.815. The number of benzene rings is 12. The topological polar surface area (TPSA) is 93.2 Å². The summed E-state index contributed by atoms with van der Waals surface area (Å²) >= 11 is 3.07. The Kier molecular flexibility index (Phi) is 14.8. The van der Waals surface area contributed by atoms with Gasteiger partial charge in [0.1, 0.15) is 11.5 Å². The highest BCUT2D eigenvalue weighted by Crippen LogP contribution is 2.48. The molecule has 12 aromatic rings. The molecule has 0 bridgehead atoms. The number of hydrogen-bond donors (Lipinski definition) is 0. The molecule has 0 fully saturated rings. The van der Waals surface area contributed by atoms with Crippen LogP contribution in [0.15, 0.2) is 299 Å². The lowest BCUT2D eigenvalue weighted by Crippen LogP contribution is -2.40. The maximum absolute atomic E-state index is 15.5. The fourth-order valence-corrected chi connectivity index (χ4v) is 14.7. The second-order valence-corrected chi connectivity index (χ2v) is 25.0. The summed E-state index contributed by atoms with van der Waals surface area (Å²) in [7, 11) is 0. The van der Waals surface area contributed by atoms with Gasteiger partial charge in [0.2, 0.25) is 0 Å². The zero-order valence-electron chi connectivity index (χ0n) is 50.1. The molecule has 12 aromatic carbocycles. The van der Waals surface area contributed by atoms with Crippen molar-refractivity contribution in [3.8, 4) is 46.7 Å². The third-order valence-corrected chi connectivity index (χ3v) is 19.4. The second-order valence-electron chi connectivity index (χ2n) is 22.8. The van der Waals surface area contributed by atoms with Gasteiger partial charge >= 0.3 is 0 Å².